The van der Waals surface area contributed by atoms with Gasteiger partial charge in [0.25, 0.3) is 5.91 Å². The van der Waals surface area contributed by atoms with Gasteiger partial charge in [-0.05, 0) is 24.5 Å². The number of hydrazine groups is 1. The first-order valence-electron chi connectivity index (χ1n) is 5.32. The minimum Gasteiger partial charge on any atom is -0.481 e. The number of rotatable bonds is 4. The summed E-state index contributed by atoms with van der Waals surface area (Å²) in [5, 5.41) is 0. The highest BCUT2D eigenvalue weighted by atomic mass is 16.5. The molecule has 1 rings (SSSR count). The molecule has 0 saturated carbocycles. The molecular weight excluding hydrogens is 204 g/mol. The maximum absolute atomic E-state index is 11.2. The van der Waals surface area contributed by atoms with Crippen LogP contribution in [0.25, 0.3) is 0 Å². The molecule has 1 aromatic rings. The highest BCUT2D eigenvalue weighted by molar-refractivity contribution is 5.80. The third-order valence-electron chi connectivity index (χ3n) is 2.36. The fourth-order valence-electron chi connectivity index (χ4n) is 1.43. The van der Waals surface area contributed by atoms with E-state index in [4.69, 9.17) is 10.6 Å². The summed E-state index contributed by atoms with van der Waals surface area (Å²) in [7, 11) is 0. The first-order chi connectivity index (χ1) is 7.56. The second-order valence-electron chi connectivity index (χ2n) is 3.96. The van der Waals surface area contributed by atoms with Crippen LogP contribution in [-0.4, -0.2) is 12.0 Å². The average molecular weight is 222 g/mol. The molecule has 16 heavy (non-hydrogen) atoms. The van der Waals surface area contributed by atoms with Gasteiger partial charge in [-0.1, -0.05) is 32.0 Å². The van der Waals surface area contributed by atoms with Gasteiger partial charge >= 0.3 is 0 Å². The minimum atomic E-state index is -0.593. The van der Waals surface area contributed by atoms with Gasteiger partial charge in [0, 0.05) is 0 Å². The van der Waals surface area contributed by atoms with Crippen LogP contribution in [0, 0.1) is 0 Å². The summed E-state index contributed by atoms with van der Waals surface area (Å²) in [5.41, 5.74) is 3.15. The minimum absolute atomic E-state index is 0.335. The molecule has 0 radical (unpaired) electrons. The lowest BCUT2D eigenvalue weighted by Crippen LogP contribution is -2.40. The number of hydrogen-bond acceptors (Lipinski definition) is 3. The molecule has 0 aliphatic rings. The van der Waals surface area contributed by atoms with Crippen LogP contribution in [0.2, 0.25) is 0 Å². The summed E-state index contributed by atoms with van der Waals surface area (Å²) in [6.45, 7) is 5.82. The van der Waals surface area contributed by atoms with Gasteiger partial charge in [0.2, 0.25) is 0 Å². The molecule has 0 fully saturated rings. The van der Waals surface area contributed by atoms with Gasteiger partial charge in [-0.2, -0.15) is 0 Å². The first-order valence-corrected chi connectivity index (χ1v) is 5.32. The number of nitrogens with two attached hydrogens (primary N) is 1. The van der Waals surface area contributed by atoms with E-state index < -0.39 is 6.10 Å². The Morgan fingerprint density at radius 2 is 1.94 bits per heavy atom. The molecule has 4 nitrogen and oxygen atoms in total. The van der Waals surface area contributed by atoms with Crippen LogP contribution in [0.4, 0.5) is 0 Å². The van der Waals surface area contributed by atoms with E-state index in [2.05, 4.69) is 19.3 Å². The van der Waals surface area contributed by atoms with Crippen LogP contribution in [0.1, 0.15) is 32.3 Å². The maximum Gasteiger partial charge on any atom is 0.274 e. The number of ether oxygens (including phenoxy) is 1. The fourth-order valence-corrected chi connectivity index (χ4v) is 1.43. The van der Waals surface area contributed by atoms with Crippen molar-refractivity contribution < 1.29 is 9.53 Å². The highest BCUT2D eigenvalue weighted by Crippen LogP contribution is 2.26. The number of benzene rings is 1. The SMILES string of the molecule is CC(C)c1ccccc1O[C@H](C)C(=O)NN. The van der Waals surface area contributed by atoms with Crippen LogP contribution >= 0.6 is 0 Å². The Morgan fingerprint density at radius 3 is 2.50 bits per heavy atom. The largest absolute Gasteiger partial charge is 0.481 e. The Kier molecular flexibility index (Phi) is 4.31. The van der Waals surface area contributed by atoms with Crippen molar-refractivity contribution in [1.82, 2.24) is 5.43 Å². The molecule has 88 valence electrons. The van der Waals surface area contributed by atoms with Crippen molar-refractivity contribution in [3.8, 4) is 5.75 Å². The van der Waals surface area contributed by atoms with Gasteiger partial charge < -0.3 is 4.74 Å². The van der Waals surface area contributed by atoms with Crippen LogP contribution in [0.15, 0.2) is 24.3 Å². The zero-order valence-electron chi connectivity index (χ0n) is 9.86. The van der Waals surface area contributed by atoms with E-state index in [1.54, 1.807) is 6.92 Å². The molecule has 1 amide bonds. The molecule has 1 atom stereocenters. The molecule has 0 aromatic heterocycles. The summed E-state index contributed by atoms with van der Waals surface area (Å²) < 4.78 is 5.57. The Hall–Kier alpha value is -1.55. The first kappa shape index (κ1) is 12.5. The predicted molar refractivity (Wildman–Crippen MR) is 63.0 cm³/mol. The number of para-hydroxylation sites is 1. The van der Waals surface area contributed by atoms with Gasteiger partial charge in [0.15, 0.2) is 6.10 Å². The van der Waals surface area contributed by atoms with Crippen molar-refractivity contribution in [2.45, 2.75) is 32.8 Å². The standard InChI is InChI=1S/C12H18N2O2/c1-8(2)10-6-4-5-7-11(10)16-9(3)12(15)14-13/h4-9H,13H2,1-3H3,(H,14,15)/t9-/m1/s1. The van der Waals surface area contributed by atoms with E-state index in [9.17, 15) is 4.79 Å². The number of amides is 1. The number of hydrogen-bond donors (Lipinski definition) is 2. The molecule has 3 N–H and O–H groups in total. The van der Waals surface area contributed by atoms with Gasteiger partial charge in [-0.15, -0.1) is 0 Å². The lowest BCUT2D eigenvalue weighted by Gasteiger charge is -2.17. The second kappa shape index (κ2) is 5.51. The van der Waals surface area contributed by atoms with Gasteiger partial charge in [-0.3, -0.25) is 10.2 Å². The smallest absolute Gasteiger partial charge is 0.274 e. The monoisotopic (exact) mass is 222 g/mol. The molecule has 0 saturated heterocycles. The molecule has 0 aliphatic heterocycles. The number of nitrogens with one attached hydrogen (secondary N) is 1. The van der Waals surface area contributed by atoms with Crippen molar-refractivity contribution >= 4 is 5.91 Å². The molecular formula is C12H18N2O2. The Labute approximate surface area is 95.8 Å². The van der Waals surface area contributed by atoms with E-state index in [-0.39, 0.29) is 5.91 Å². The molecule has 0 aliphatic carbocycles. The van der Waals surface area contributed by atoms with Crippen LogP contribution in [0.3, 0.4) is 0 Å². The van der Waals surface area contributed by atoms with Gasteiger partial charge in [0.05, 0.1) is 0 Å². The normalized spacial score (nSPS) is 12.3. The number of carbonyl (C=O) groups excluding carboxylic acids is 1. The molecule has 0 unspecified atom stereocenters. The van der Waals surface area contributed by atoms with E-state index in [0.29, 0.717) is 5.92 Å². The summed E-state index contributed by atoms with van der Waals surface area (Å²) in [6, 6.07) is 7.69. The van der Waals surface area contributed by atoms with E-state index in [1.807, 2.05) is 24.3 Å². The predicted octanol–water partition coefficient (Wildman–Crippen LogP) is 1.57. The van der Waals surface area contributed by atoms with Crippen molar-refractivity contribution in [3.05, 3.63) is 29.8 Å². The van der Waals surface area contributed by atoms with Gasteiger partial charge in [-0.25, -0.2) is 5.84 Å². The summed E-state index contributed by atoms with van der Waals surface area (Å²) in [6.07, 6.45) is -0.593. The summed E-state index contributed by atoms with van der Waals surface area (Å²) >= 11 is 0. The van der Waals surface area contributed by atoms with E-state index in [0.717, 1.165) is 11.3 Å². The van der Waals surface area contributed by atoms with Crippen LogP contribution < -0.4 is 16.0 Å². The van der Waals surface area contributed by atoms with Crippen molar-refractivity contribution in [2.75, 3.05) is 0 Å². The van der Waals surface area contributed by atoms with Crippen LogP contribution in [-0.2, 0) is 4.79 Å². The average Bonchev–Trinajstić information content (AvgIpc) is 2.28. The topological polar surface area (TPSA) is 64.3 Å². The van der Waals surface area contributed by atoms with E-state index >= 15 is 0 Å². The second-order valence-corrected chi connectivity index (χ2v) is 3.96. The van der Waals surface area contributed by atoms with Crippen LogP contribution in [0.5, 0.6) is 5.75 Å². The fraction of sp³-hybridized carbons (Fsp3) is 0.417. The zero-order chi connectivity index (χ0) is 12.1. The Balaban J connectivity index is 2.84. The molecule has 0 spiro atoms. The quantitative estimate of drug-likeness (QED) is 0.461. The Bertz CT molecular complexity index is 364. The van der Waals surface area contributed by atoms with Crippen molar-refractivity contribution in [3.63, 3.8) is 0 Å². The highest BCUT2D eigenvalue weighted by Gasteiger charge is 2.15. The molecule has 0 bridgehead atoms. The number of carbonyl (C=O) groups is 1. The zero-order valence-corrected chi connectivity index (χ0v) is 9.86. The third-order valence-corrected chi connectivity index (χ3v) is 2.36. The maximum atomic E-state index is 11.2. The van der Waals surface area contributed by atoms with Gasteiger partial charge in [0.1, 0.15) is 5.75 Å². The molecule has 1 aromatic carbocycles. The summed E-state index contributed by atoms with van der Waals surface area (Å²) in [4.78, 5) is 11.2. The lowest BCUT2D eigenvalue weighted by atomic mass is 10.0. The Morgan fingerprint density at radius 1 is 1.31 bits per heavy atom. The molecule has 4 heteroatoms. The summed E-state index contributed by atoms with van der Waals surface area (Å²) in [5.74, 6) is 5.79. The van der Waals surface area contributed by atoms with Crippen molar-refractivity contribution in [1.29, 1.82) is 0 Å². The van der Waals surface area contributed by atoms with Crippen molar-refractivity contribution in [2.24, 2.45) is 5.84 Å². The van der Waals surface area contributed by atoms with E-state index in [1.165, 1.54) is 0 Å². The third kappa shape index (κ3) is 2.97. The lowest BCUT2D eigenvalue weighted by molar-refractivity contribution is -0.127. The molecule has 0 heterocycles.